The summed E-state index contributed by atoms with van der Waals surface area (Å²) in [4.78, 5) is 8.07. The van der Waals surface area contributed by atoms with Gasteiger partial charge in [0.2, 0.25) is 5.89 Å². The highest BCUT2D eigenvalue weighted by Crippen LogP contribution is 2.33. The van der Waals surface area contributed by atoms with Crippen molar-refractivity contribution in [3.8, 4) is 0 Å². The van der Waals surface area contributed by atoms with Gasteiger partial charge in [0.25, 0.3) is 0 Å². The minimum Gasteiger partial charge on any atom is -0.392 e. The number of rotatable bonds is 5. The van der Waals surface area contributed by atoms with Crippen LogP contribution in [0.4, 0.5) is 0 Å². The second-order valence-corrected chi connectivity index (χ2v) is 7.16. The highest BCUT2D eigenvalue weighted by Gasteiger charge is 2.35. The normalized spacial score (nSPS) is 21.4. The zero-order valence-electron chi connectivity index (χ0n) is 13.2. The maximum atomic E-state index is 10.1. The van der Waals surface area contributed by atoms with E-state index < -0.39 is 0 Å². The predicted molar refractivity (Wildman–Crippen MR) is 91.6 cm³/mol. The number of thiophene rings is 1. The van der Waals surface area contributed by atoms with Crippen molar-refractivity contribution in [2.24, 2.45) is 0 Å². The third kappa shape index (κ3) is 3.40. The standard InChI is InChI=1S/C18H19N3O2S/c22-14-10-16(21(11-14)12-15-7-4-8-24-15)18-19-17(20-23-18)9-13-5-2-1-3-6-13/h1-8,14,16,22H,9-12H2/t14-,16+/m1/s1. The fourth-order valence-corrected chi connectivity index (χ4v) is 3.90. The summed E-state index contributed by atoms with van der Waals surface area (Å²) < 4.78 is 5.51. The lowest BCUT2D eigenvalue weighted by Crippen LogP contribution is -2.24. The molecular weight excluding hydrogens is 322 g/mol. The number of hydrogen-bond donors (Lipinski definition) is 1. The van der Waals surface area contributed by atoms with Crippen LogP contribution in [-0.2, 0) is 13.0 Å². The van der Waals surface area contributed by atoms with Crippen molar-refractivity contribution in [3.63, 3.8) is 0 Å². The first-order valence-electron chi connectivity index (χ1n) is 8.09. The van der Waals surface area contributed by atoms with E-state index in [1.807, 2.05) is 24.3 Å². The number of aliphatic hydroxyl groups excluding tert-OH is 1. The second kappa shape index (κ2) is 6.84. The molecule has 1 N–H and O–H groups in total. The lowest BCUT2D eigenvalue weighted by atomic mass is 10.1. The van der Waals surface area contributed by atoms with E-state index in [0.717, 1.165) is 12.1 Å². The average molecular weight is 341 g/mol. The van der Waals surface area contributed by atoms with E-state index in [-0.39, 0.29) is 12.1 Å². The summed E-state index contributed by atoms with van der Waals surface area (Å²) in [6.07, 6.45) is 0.947. The first kappa shape index (κ1) is 15.5. The lowest BCUT2D eigenvalue weighted by Gasteiger charge is -2.20. The largest absolute Gasteiger partial charge is 0.392 e. The molecule has 1 aromatic carbocycles. The van der Waals surface area contributed by atoms with Crippen LogP contribution in [0.2, 0.25) is 0 Å². The molecule has 4 rings (SSSR count). The van der Waals surface area contributed by atoms with Gasteiger partial charge in [-0.15, -0.1) is 11.3 Å². The molecule has 0 spiro atoms. The zero-order valence-corrected chi connectivity index (χ0v) is 14.0. The summed E-state index contributed by atoms with van der Waals surface area (Å²) in [5, 5.41) is 16.3. The Morgan fingerprint density at radius 2 is 2.08 bits per heavy atom. The van der Waals surface area contributed by atoms with Gasteiger partial charge in [-0.3, -0.25) is 4.90 Å². The fraction of sp³-hybridized carbons (Fsp3) is 0.333. The number of benzene rings is 1. The molecule has 2 aromatic heterocycles. The molecule has 0 aliphatic carbocycles. The van der Waals surface area contributed by atoms with Gasteiger partial charge in [-0.2, -0.15) is 4.98 Å². The van der Waals surface area contributed by atoms with Gasteiger partial charge in [-0.1, -0.05) is 41.6 Å². The molecule has 6 heteroatoms. The molecule has 0 unspecified atom stereocenters. The zero-order chi connectivity index (χ0) is 16.4. The van der Waals surface area contributed by atoms with Crippen LogP contribution in [0.25, 0.3) is 0 Å². The van der Waals surface area contributed by atoms with Crippen molar-refractivity contribution in [1.82, 2.24) is 15.0 Å². The maximum Gasteiger partial charge on any atom is 0.244 e. The van der Waals surface area contributed by atoms with Crippen molar-refractivity contribution in [3.05, 3.63) is 70.0 Å². The van der Waals surface area contributed by atoms with Crippen molar-refractivity contribution < 1.29 is 9.63 Å². The molecule has 0 radical (unpaired) electrons. The lowest BCUT2D eigenvalue weighted by molar-refractivity contribution is 0.170. The van der Waals surface area contributed by atoms with Gasteiger partial charge in [-0.25, -0.2) is 0 Å². The van der Waals surface area contributed by atoms with Gasteiger partial charge in [0.15, 0.2) is 5.82 Å². The van der Waals surface area contributed by atoms with Crippen molar-refractivity contribution in [2.75, 3.05) is 6.54 Å². The molecule has 0 saturated carbocycles. The molecule has 1 saturated heterocycles. The van der Waals surface area contributed by atoms with Crippen molar-refractivity contribution >= 4 is 11.3 Å². The Morgan fingerprint density at radius 1 is 1.21 bits per heavy atom. The minimum atomic E-state index is -0.348. The number of aliphatic hydroxyl groups is 1. The summed E-state index contributed by atoms with van der Waals surface area (Å²) in [6, 6.07) is 14.3. The first-order chi connectivity index (χ1) is 11.8. The molecule has 24 heavy (non-hydrogen) atoms. The number of likely N-dealkylation sites (tertiary alicyclic amines) is 1. The molecule has 3 aromatic rings. The number of nitrogens with zero attached hydrogens (tertiary/aromatic N) is 3. The van der Waals surface area contributed by atoms with E-state index in [4.69, 9.17) is 4.52 Å². The Kier molecular flexibility index (Phi) is 4.42. The highest BCUT2D eigenvalue weighted by molar-refractivity contribution is 7.09. The molecule has 5 nitrogen and oxygen atoms in total. The summed E-state index contributed by atoms with van der Waals surface area (Å²) in [5.41, 5.74) is 1.16. The van der Waals surface area contributed by atoms with E-state index in [2.05, 4.69) is 38.6 Å². The topological polar surface area (TPSA) is 62.4 Å². The summed E-state index contributed by atoms with van der Waals surface area (Å²) in [6.45, 7) is 1.44. The van der Waals surface area contributed by atoms with Crippen molar-refractivity contribution in [1.29, 1.82) is 0 Å². The van der Waals surface area contributed by atoms with Crippen molar-refractivity contribution in [2.45, 2.75) is 31.5 Å². The van der Waals surface area contributed by atoms with Crippen LogP contribution < -0.4 is 0 Å². The summed E-state index contributed by atoms with van der Waals surface area (Å²) in [7, 11) is 0. The molecular formula is C18H19N3O2S. The first-order valence-corrected chi connectivity index (χ1v) is 8.97. The van der Waals surface area contributed by atoms with Crippen LogP contribution in [0, 0.1) is 0 Å². The fourth-order valence-electron chi connectivity index (χ4n) is 3.17. The molecule has 2 atom stereocenters. The van der Waals surface area contributed by atoms with Gasteiger partial charge in [0, 0.05) is 24.4 Å². The van der Waals surface area contributed by atoms with Gasteiger partial charge in [0.05, 0.1) is 12.1 Å². The quantitative estimate of drug-likeness (QED) is 0.773. The van der Waals surface area contributed by atoms with Crippen LogP contribution >= 0.6 is 11.3 Å². The molecule has 0 amide bonds. The molecule has 124 valence electrons. The molecule has 1 aliphatic rings. The summed E-state index contributed by atoms with van der Waals surface area (Å²) in [5.74, 6) is 1.29. The molecule has 1 fully saturated rings. The van der Waals surface area contributed by atoms with Crippen LogP contribution in [-0.4, -0.2) is 32.8 Å². The SMILES string of the molecule is O[C@@H]1C[C@@H](c2nc(Cc3ccccc3)no2)N(Cc2cccs2)C1. The third-order valence-electron chi connectivity index (χ3n) is 4.29. The number of aromatic nitrogens is 2. The predicted octanol–water partition coefficient (Wildman–Crippen LogP) is 3.03. The Balaban J connectivity index is 1.49. The Hall–Kier alpha value is -2.02. The second-order valence-electron chi connectivity index (χ2n) is 6.13. The smallest absolute Gasteiger partial charge is 0.244 e. The Bertz CT molecular complexity index is 773. The Labute approximate surface area is 144 Å². The van der Waals surface area contributed by atoms with E-state index in [1.165, 1.54) is 4.88 Å². The van der Waals surface area contributed by atoms with E-state index >= 15 is 0 Å². The molecule has 0 bridgehead atoms. The maximum absolute atomic E-state index is 10.1. The number of β-amino-alcohol motifs (C(OH)–C–C–N with tert-alkyl or cyclic N) is 1. The van der Waals surface area contributed by atoms with Crippen LogP contribution in [0.3, 0.4) is 0 Å². The van der Waals surface area contributed by atoms with E-state index in [9.17, 15) is 5.11 Å². The third-order valence-corrected chi connectivity index (χ3v) is 5.16. The van der Waals surface area contributed by atoms with Gasteiger partial charge >= 0.3 is 0 Å². The highest BCUT2D eigenvalue weighted by atomic mass is 32.1. The minimum absolute atomic E-state index is 0.0147. The number of hydrogen-bond acceptors (Lipinski definition) is 6. The van der Waals surface area contributed by atoms with Gasteiger partial charge in [-0.05, 0) is 23.4 Å². The molecule has 1 aliphatic heterocycles. The van der Waals surface area contributed by atoms with Crippen LogP contribution in [0.1, 0.15) is 34.6 Å². The van der Waals surface area contributed by atoms with E-state index in [1.54, 1.807) is 11.3 Å². The van der Waals surface area contributed by atoms with Gasteiger partial charge < -0.3 is 9.63 Å². The van der Waals surface area contributed by atoms with Gasteiger partial charge in [0.1, 0.15) is 0 Å². The monoisotopic (exact) mass is 341 g/mol. The van der Waals surface area contributed by atoms with E-state index in [0.29, 0.717) is 31.1 Å². The Morgan fingerprint density at radius 3 is 2.88 bits per heavy atom. The molecule has 3 heterocycles. The van der Waals surface area contributed by atoms with Crippen LogP contribution in [0.15, 0.2) is 52.4 Å². The average Bonchev–Trinajstić information content (AvgIpc) is 3.31. The van der Waals surface area contributed by atoms with Crippen LogP contribution in [0.5, 0.6) is 0 Å². The summed E-state index contributed by atoms with van der Waals surface area (Å²) >= 11 is 1.73.